The first-order chi connectivity index (χ1) is 15.8. The Morgan fingerprint density at radius 3 is 2.70 bits per heavy atom. The number of carbonyl (C=O) groups is 2. The number of hydrogen-bond acceptors (Lipinski definition) is 6. The van der Waals surface area contributed by atoms with Gasteiger partial charge in [-0.05, 0) is 35.7 Å². The summed E-state index contributed by atoms with van der Waals surface area (Å²) in [7, 11) is 1.52. The van der Waals surface area contributed by atoms with Crippen molar-refractivity contribution in [2.75, 3.05) is 26.0 Å². The summed E-state index contributed by atoms with van der Waals surface area (Å²) in [5, 5.41) is 5.98. The Bertz CT molecular complexity index is 1230. The lowest BCUT2D eigenvalue weighted by atomic mass is 10.0. The molecule has 0 unspecified atom stereocenters. The third kappa shape index (κ3) is 6.13. The molecule has 0 atom stereocenters. The lowest BCUT2D eigenvalue weighted by molar-refractivity contribution is -0.117. The molecule has 0 saturated heterocycles. The summed E-state index contributed by atoms with van der Waals surface area (Å²) in [5.41, 5.74) is 1.84. The molecule has 0 aliphatic carbocycles. The number of para-hydroxylation sites is 1. The number of urea groups is 1. The minimum absolute atomic E-state index is 0.111. The van der Waals surface area contributed by atoms with E-state index in [-0.39, 0.29) is 23.8 Å². The Labute approximate surface area is 200 Å². The van der Waals surface area contributed by atoms with Gasteiger partial charge in [-0.15, -0.1) is 0 Å². The van der Waals surface area contributed by atoms with Crippen LogP contribution in [0.3, 0.4) is 0 Å². The zero-order valence-corrected chi connectivity index (χ0v) is 20.1. The van der Waals surface area contributed by atoms with Crippen LogP contribution in [0.4, 0.5) is 4.79 Å². The van der Waals surface area contributed by atoms with Gasteiger partial charge in [0.2, 0.25) is 5.91 Å². The molecule has 0 aliphatic heterocycles. The summed E-state index contributed by atoms with van der Waals surface area (Å²) < 4.78 is 6.37. The fourth-order valence-corrected chi connectivity index (χ4v) is 4.20. The average molecular weight is 489 g/mol. The van der Waals surface area contributed by atoms with E-state index < -0.39 is 11.9 Å². The molecular formula is C23H25ClN4O4S. The van der Waals surface area contributed by atoms with Gasteiger partial charge in [-0.2, -0.15) is 0 Å². The van der Waals surface area contributed by atoms with E-state index in [1.54, 1.807) is 18.2 Å². The minimum Gasteiger partial charge on any atom is -0.383 e. The third-order valence-electron chi connectivity index (χ3n) is 4.78. The molecule has 3 aromatic rings. The number of rotatable bonds is 8. The van der Waals surface area contributed by atoms with Gasteiger partial charge in [0, 0.05) is 18.7 Å². The Balaban J connectivity index is 1.97. The number of imide groups is 1. The van der Waals surface area contributed by atoms with Gasteiger partial charge in [0.25, 0.3) is 5.56 Å². The van der Waals surface area contributed by atoms with Crippen molar-refractivity contribution in [1.82, 2.24) is 20.2 Å². The molecule has 2 N–H and O–H groups in total. The highest BCUT2D eigenvalue weighted by molar-refractivity contribution is 7.99. The number of nitrogens with one attached hydrogen (secondary N) is 2. The van der Waals surface area contributed by atoms with Gasteiger partial charge in [-0.1, -0.05) is 55.4 Å². The molecule has 0 bridgehead atoms. The molecule has 0 fully saturated rings. The van der Waals surface area contributed by atoms with Gasteiger partial charge < -0.3 is 10.1 Å². The Morgan fingerprint density at radius 2 is 1.97 bits per heavy atom. The number of amides is 3. The van der Waals surface area contributed by atoms with Crippen molar-refractivity contribution >= 4 is 46.2 Å². The van der Waals surface area contributed by atoms with Crippen molar-refractivity contribution in [3.8, 4) is 5.69 Å². The molecular weight excluding hydrogens is 464 g/mol. The average Bonchev–Trinajstić information content (AvgIpc) is 2.77. The van der Waals surface area contributed by atoms with Crippen molar-refractivity contribution in [3.05, 3.63) is 63.4 Å². The zero-order valence-electron chi connectivity index (χ0n) is 18.6. The Kier molecular flexibility index (Phi) is 8.49. The van der Waals surface area contributed by atoms with E-state index in [0.717, 1.165) is 17.3 Å². The smallest absolute Gasteiger partial charge is 0.321 e. The number of ether oxygens (including phenoxy) is 1. The zero-order chi connectivity index (χ0) is 24.0. The van der Waals surface area contributed by atoms with Crippen LogP contribution in [0.5, 0.6) is 0 Å². The SMILES string of the molecule is COCCNC(=O)NC(=O)CSc1nc2cc(Cl)ccc2c(=O)n1-c1ccccc1C(C)C. The number of halogens is 1. The van der Waals surface area contributed by atoms with Crippen LogP contribution in [0.25, 0.3) is 16.6 Å². The fourth-order valence-electron chi connectivity index (χ4n) is 3.23. The molecule has 0 spiro atoms. The molecule has 0 radical (unpaired) electrons. The summed E-state index contributed by atoms with van der Waals surface area (Å²) in [5.74, 6) is -0.468. The fraction of sp³-hybridized carbons (Fsp3) is 0.304. The number of carbonyl (C=O) groups excluding carboxylic acids is 2. The van der Waals surface area contributed by atoms with Crippen LogP contribution in [0, 0.1) is 0 Å². The van der Waals surface area contributed by atoms with Crippen LogP contribution in [-0.2, 0) is 9.53 Å². The van der Waals surface area contributed by atoms with Gasteiger partial charge in [0.1, 0.15) is 0 Å². The Hall–Kier alpha value is -2.88. The van der Waals surface area contributed by atoms with Crippen molar-refractivity contribution in [1.29, 1.82) is 0 Å². The predicted molar refractivity (Wildman–Crippen MR) is 131 cm³/mol. The summed E-state index contributed by atoms with van der Waals surface area (Å²) in [6.45, 7) is 4.70. The number of hydrogen-bond donors (Lipinski definition) is 2. The van der Waals surface area contributed by atoms with Crippen molar-refractivity contribution in [2.45, 2.75) is 24.9 Å². The molecule has 1 aromatic heterocycles. The summed E-state index contributed by atoms with van der Waals surface area (Å²) >= 11 is 7.18. The van der Waals surface area contributed by atoms with Crippen LogP contribution in [-0.4, -0.2) is 47.5 Å². The predicted octanol–water partition coefficient (Wildman–Crippen LogP) is 3.73. The van der Waals surface area contributed by atoms with Gasteiger partial charge >= 0.3 is 6.03 Å². The molecule has 33 heavy (non-hydrogen) atoms. The first kappa shape index (κ1) is 24.8. The van der Waals surface area contributed by atoms with E-state index in [0.29, 0.717) is 33.4 Å². The number of benzene rings is 2. The van der Waals surface area contributed by atoms with Crippen molar-refractivity contribution in [2.24, 2.45) is 0 Å². The number of nitrogens with zero attached hydrogens (tertiary/aromatic N) is 2. The molecule has 3 amide bonds. The maximum atomic E-state index is 13.5. The molecule has 0 aliphatic rings. The van der Waals surface area contributed by atoms with E-state index in [1.165, 1.54) is 11.7 Å². The molecule has 0 saturated carbocycles. The maximum absolute atomic E-state index is 13.5. The molecule has 1 heterocycles. The molecule has 2 aromatic carbocycles. The molecule has 3 rings (SSSR count). The van der Waals surface area contributed by atoms with Crippen LogP contribution >= 0.6 is 23.4 Å². The van der Waals surface area contributed by atoms with Gasteiger partial charge in [-0.25, -0.2) is 9.78 Å². The highest BCUT2D eigenvalue weighted by Crippen LogP contribution is 2.27. The number of methoxy groups -OCH3 is 1. The topological polar surface area (TPSA) is 102 Å². The van der Waals surface area contributed by atoms with E-state index in [1.807, 2.05) is 38.1 Å². The third-order valence-corrected chi connectivity index (χ3v) is 5.95. The van der Waals surface area contributed by atoms with Gasteiger partial charge in [0.15, 0.2) is 5.16 Å². The molecule has 10 heteroatoms. The first-order valence-corrected chi connectivity index (χ1v) is 11.7. The highest BCUT2D eigenvalue weighted by Gasteiger charge is 2.18. The van der Waals surface area contributed by atoms with Crippen molar-refractivity contribution in [3.63, 3.8) is 0 Å². The number of aromatic nitrogens is 2. The van der Waals surface area contributed by atoms with E-state index in [2.05, 4.69) is 15.6 Å². The second-order valence-electron chi connectivity index (χ2n) is 7.50. The van der Waals surface area contributed by atoms with Crippen LogP contribution in [0.2, 0.25) is 5.02 Å². The second-order valence-corrected chi connectivity index (χ2v) is 8.87. The lowest BCUT2D eigenvalue weighted by Gasteiger charge is -2.18. The first-order valence-electron chi connectivity index (χ1n) is 10.3. The van der Waals surface area contributed by atoms with Gasteiger partial charge in [0.05, 0.1) is 29.0 Å². The van der Waals surface area contributed by atoms with Crippen LogP contribution in [0.1, 0.15) is 25.3 Å². The van der Waals surface area contributed by atoms with E-state index >= 15 is 0 Å². The number of thioether (sulfide) groups is 1. The standard InChI is InChI=1S/C23H25ClN4O4S/c1-14(2)16-6-4-5-7-19(16)28-21(30)17-9-8-15(24)12-18(17)26-23(28)33-13-20(29)27-22(31)25-10-11-32-3/h4-9,12,14H,10-11,13H2,1-3H3,(H2,25,27,29,31). The summed E-state index contributed by atoms with van der Waals surface area (Å²) in [6.07, 6.45) is 0. The molecule has 8 nitrogen and oxygen atoms in total. The lowest BCUT2D eigenvalue weighted by Crippen LogP contribution is -2.41. The van der Waals surface area contributed by atoms with E-state index in [9.17, 15) is 14.4 Å². The minimum atomic E-state index is -0.613. The van der Waals surface area contributed by atoms with Crippen molar-refractivity contribution < 1.29 is 14.3 Å². The van der Waals surface area contributed by atoms with Crippen LogP contribution < -0.4 is 16.2 Å². The van der Waals surface area contributed by atoms with E-state index in [4.69, 9.17) is 16.3 Å². The van der Waals surface area contributed by atoms with Gasteiger partial charge in [-0.3, -0.25) is 19.5 Å². The normalized spacial score (nSPS) is 11.1. The summed E-state index contributed by atoms with van der Waals surface area (Å²) in [6, 6.07) is 11.9. The van der Waals surface area contributed by atoms with Crippen LogP contribution in [0.15, 0.2) is 52.4 Å². The number of fused-ring (bicyclic) bond motifs is 1. The highest BCUT2D eigenvalue weighted by atomic mass is 35.5. The summed E-state index contributed by atoms with van der Waals surface area (Å²) in [4.78, 5) is 42.3. The largest absolute Gasteiger partial charge is 0.383 e. The second kappa shape index (κ2) is 11.3. The maximum Gasteiger partial charge on any atom is 0.321 e. The Morgan fingerprint density at radius 1 is 1.21 bits per heavy atom. The monoisotopic (exact) mass is 488 g/mol. The molecule has 174 valence electrons. The quantitative estimate of drug-likeness (QED) is 0.284.